The van der Waals surface area contributed by atoms with E-state index in [-0.39, 0.29) is 0 Å². The van der Waals surface area contributed by atoms with Gasteiger partial charge in [-0.25, -0.2) is 0 Å². The number of primary amides is 1. The van der Waals surface area contributed by atoms with Crippen LogP contribution in [0.1, 0.15) is 15.9 Å². The number of aromatic nitrogens is 1. The number of carbonyl (C=O) groups excluding carboxylic acids is 1. The first kappa shape index (κ1) is 21.1. The van der Waals surface area contributed by atoms with Gasteiger partial charge in [0.2, 0.25) is 5.91 Å². The van der Waals surface area contributed by atoms with Crippen molar-refractivity contribution in [3.8, 4) is 11.1 Å². The molecule has 1 heterocycles. The van der Waals surface area contributed by atoms with E-state index in [0.717, 1.165) is 43.0 Å². The molecule has 32 heavy (non-hydrogen) atoms. The quantitative estimate of drug-likeness (QED) is 0.261. The fraction of sp³-hybridized carbons (Fsp3) is 0.0385. The third-order valence-electron chi connectivity index (χ3n) is 5.53. The number of hydrogen-bond acceptors (Lipinski definition) is 1. The Bertz CT molecular complexity index is 1520. The fourth-order valence-electron chi connectivity index (χ4n) is 4.13. The largest absolute Gasteiger partial charge is 0.366 e. The third-order valence-corrected chi connectivity index (χ3v) is 6.57. The molecule has 1 aromatic heterocycles. The van der Waals surface area contributed by atoms with Crippen LogP contribution in [-0.2, 0) is 6.54 Å². The summed E-state index contributed by atoms with van der Waals surface area (Å²) in [5.74, 6) is -0.463. The molecular formula is C26H16BrCl2N2O. The molecule has 3 nitrogen and oxygen atoms in total. The van der Waals surface area contributed by atoms with Gasteiger partial charge in [0.15, 0.2) is 0 Å². The van der Waals surface area contributed by atoms with Gasteiger partial charge in [-0.05, 0) is 65.7 Å². The molecule has 0 spiro atoms. The van der Waals surface area contributed by atoms with Crippen molar-refractivity contribution in [3.05, 3.63) is 105 Å². The molecule has 0 unspecified atom stereocenters. The van der Waals surface area contributed by atoms with Crippen LogP contribution < -0.4 is 5.73 Å². The summed E-state index contributed by atoms with van der Waals surface area (Å²) in [4.78, 5) is 12.2. The van der Waals surface area contributed by atoms with Crippen LogP contribution in [0.15, 0.2) is 77.3 Å². The number of amides is 1. The van der Waals surface area contributed by atoms with Crippen molar-refractivity contribution >= 4 is 66.8 Å². The topological polar surface area (TPSA) is 48.0 Å². The van der Waals surface area contributed by atoms with Crippen molar-refractivity contribution in [1.29, 1.82) is 0 Å². The molecule has 2 N–H and O–H groups in total. The summed E-state index contributed by atoms with van der Waals surface area (Å²) in [7, 11) is 0. The monoisotopic (exact) mass is 521 g/mol. The maximum Gasteiger partial charge on any atom is 0.249 e. The van der Waals surface area contributed by atoms with E-state index in [1.165, 1.54) is 0 Å². The van der Waals surface area contributed by atoms with Crippen LogP contribution >= 0.6 is 39.1 Å². The molecule has 0 aliphatic rings. The lowest BCUT2D eigenvalue weighted by atomic mass is 10.0. The third kappa shape index (κ3) is 3.69. The molecule has 1 radical (unpaired) electrons. The lowest BCUT2D eigenvalue weighted by Crippen LogP contribution is -2.11. The predicted molar refractivity (Wildman–Crippen MR) is 135 cm³/mol. The van der Waals surface area contributed by atoms with E-state index in [4.69, 9.17) is 28.9 Å². The summed E-state index contributed by atoms with van der Waals surface area (Å²) >= 11 is 16.1. The van der Waals surface area contributed by atoms with Crippen molar-refractivity contribution in [2.75, 3.05) is 0 Å². The standard InChI is InChI=1S/C26H16BrCl2N2O/c27-17-4-1-3-15(11-17)14-31-23-6-2-5-21(26(30)32)25(23)20-9-7-16(12-24(20)31)19-10-8-18(28)13-22(19)29/h1-8,10-13H,14H2,(H2,30,32). The number of nitrogens with zero attached hydrogens (tertiary/aromatic N) is 1. The molecule has 4 aromatic carbocycles. The van der Waals surface area contributed by atoms with Crippen molar-refractivity contribution < 1.29 is 4.79 Å². The molecule has 0 bridgehead atoms. The Morgan fingerprint density at radius 1 is 1.00 bits per heavy atom. The summed E-state index contributed by atoms with van der Waals surface area (Å²) in [6.45, 7) is 0.618. The number of hydrogen-bond donors (Lipinski definition) is 1. The Labute approximate surface area is 203 Å². The molecule has 0 saturated carbocycles. The number of nitrogens with two attached hydrogens (primary N) is 1. The Kier molecular flexibility index (Phi) is 5.46. The van der Waals surface area contributed by atoms with Gasteiger partial charge >= 0.3 is 0 Å². The Hall–Kier alpha value is -2.79. The molecule has 0 fully saturated rings. The highest BCUT2D eigenvalue weighted by atomic mass is 79.9. The van der Waals surface area contributed by atoms with Gasteiger partial charge in [0.05, 0.1) is 11.0 Å². The lowest BCUT2D eigenvalue weighted by Gasteiger charge is -2.10. The summed E-state index contributed by atoms with van der Waals surface area (Å²) in [6, 6.07) is 26.6. The number of carbonyl (C=O) groups is 1. The van der Waals surface area contributed by atoms with E-state index < -0.39 is 5.91 Å². The van der Waals surface area contributed by atoms with Gasteiger partial charge in [-0.2, -0.15) is 0 Å². The normalized spacial score (nSPS) is 11.3. The maximum atomic E-state index is 12.2. The Morgan fingerprint density at radius 2 is 1.81 bits per heavy atom. The van der Waals surface area contributed by atoms with Crippen molar-refractivity contribution in [3.63, 3.8) is 0 Å². The second-order valence-electron chi connectivity index (χ2n) is 7.55. The lowest BCUT2D eigenvalue weighted by molar-refractivity contribution is 0.100. The smallest absolute Gasteiger partial charge is 0.249 e. The van der Waals surface area contributed by atoms with Gasteiger partial charge in [0, 0.05) is 43.0 Å². The van der Waals surface area contributed by atoms with E-state index in [1.807, 2.05) is 42.5 Å². The molecule has 1 amide bonds. The minimum absolute atomic E-state index is 0.463. The molecular weight excluding hydrogens is 507 g/mol. The number of benzene rings is 4. The van der Waals surface area contributed by atoms with Crippen LogP contribution in [0.25, 0.3) is 32.9 Å². The molecule has 0 aliphatic heterocycles. The SMILES string of the molecule is NC(=O)c1cccc2c1c1[c]cc(-c3ccc(Cl)cc3Cl)cc1n2Cc1cccc(Br)c1. The number of fused-ring (bicyclic) bond motifs is 3. The van der Waals surface area contributed by atoms with Gasteiger partial charge in [-0.3, -0.25) is 4.79 Å². The molecule has 0 atom stereocenters. The molecule has 157 valence electrons. The first-order chi connectivity index (χ1) is 15.4. The average Bonchev–Trinajstić information content (AvgIpc) is 3.07. The highest BCUT2D eigenvalue weighted by molar-refractivity contribution is 9.10. The van der Waals surface area contributed by atoms with E-state index >= 15 is 0 Å². The highest BCUT2D eigenvalue weighted by Gasteiger charge is 2.18. The van der Waals surface area contributed by atoms with Crippen molar-refractivity contribution in [2.45, 2.75) is 6.54 Å². The summed E-state index contributed by atoms with van der Waals surface area (Å²) < 4.78 is 3.19. The van der Waals surface area contributed by atoms with Crippen molar-refractivity contribution in [1.82, 2.24) is 4.57 Å². The van der Waals surface area contributed by atoms with Gasteiger partial charge in [-0.1, -0.05) is 63.4 Å². The van der Waals surface area contributed by atoms with Gasteiger partial charge in [0.25, 0.3) is 0 Å². The van der Waals surface area contributed by atoms with E-state index in [2.05, 4.69) is 44.8 Å². The zero-order valence-electron chi connectivity index (χ0n) is 16.7. The Morgan fingerprint density at radius 3 is 2.56 bits per heavy atom. The van der Waals surface area contributed by atoms with Crippen molar-refractivity contribution in [2.24, 2.45) is 5.73 Å². The summed E-state index contributed by atoms with van der Waals surface area (Å²) in [5.41, 5.74) is 11.0. The number of rotatable bonds is 4. The van der Waals surface area contributed by atoms with E-state index in [1.54, 1.807) is 12.1 Å². The van der Waals surface area contributed by atoms with Crippen LogP contribution in [0.4, 0.5) is 0 Å². The van der Waals surface area contributed by atoms with E-state index in [9.17, 15) is 4.79 Å². The maximum absolute atomic E-state index is 12.2. The fourth-order valence-corrected chi connectivity index (χ4v) is 5.09. The first-order valence-corrected chi connectivity index (χ1v) is 11.4. The molecule has 5 aromatic rings. The average molecular weight is 523 g/mol. The molecule has 5 rings (SSSR count). The second kappa shape index (κ2) is 8.28. The Balaban J connectivity index is 1.81. The first-order valence-electron chi connectivity index (χ1n) is 9.88. The van der Waals surface area contributed by atoms with Gasteiger partial charge < -0.3 is 10.3 Å². The molecule has 0 aliphatic carbocycles. The second-order valence-corrected chi connectivity index (χ2v) is 9.31. The van der Waals surface area contributed by atoms with Crippen LogP contribution in [0.3, 0.4) is 0 Å². The predicted octanol–water partition coefficient (Wildman–Crippen LogP) is 7.48. The van der Waals surface area contributed by atoms with Crippen LogP contribution in [-0.4, -0.2) is 10.5 Å². The summed E-state index contributed by atoms with van der Waals surface area (Å²) in [6.07, 6.45) is 0. The minimum atomic E-state index is -0.463. The van der Waals surface area contributed by atoms with Gasteiger partial charge in [-0.15, -0.1) is 0 Å². The highest BCUT2D eigenvalue weighted by Crippen LogP contribution is 2.37. The molecule has 0 saturated heterocycles. The zero-order chi connectivity index (χ0) is 22.4. The van der Waals surface area contributed by atoms with E-state index in [0.29, 0.717) is 22.2 Å². The summed E-state index contributed by atoms with van der Waals surface area (Å²) in [5, 5.41) is 2.80. The van der Waals surface area contributed by atoms with Gasteiger partial charge in [0.1, 0.15) is 0 Å². The molecule has 6 heteroatoms. The van der Waals surface area contributed by atoms with Crippen LogP contribution in [0.2, 0.25) is 10.0 Å². The zero-order valence-corrected chi connectivity index (χ0v) is 19.8. The van der Waals surface area contributed by atoms with Crippen LogP contribution in [0.5, 0.6) is 0 Å². The van der Waals surface area contributed by atoms with Crippen LogP contribution in [0, 0.1) is 6.07 Å². The minimum Gasteiger partial charge on any atom is -0.366 e. The number of halogens is 3.